The molecule has 0 saturated carbocycles. The van der Waals surface area contributed by atoms with E-state index in [1.54, 1.807) is 10.9 Å². The van der Waals surface area contributed by atoms with Gasteiger partial charge in [-0.2, -0.15) is 9.78 Å². The van der Waals surface area contributed by atoms with E-state index in [9.17, 15) is 4.79 Å². The number of fused-ring (bicyclic) bond motifs is 1. The normalized spacial score (nSPS) is 13.7. The lowest BCUT2D eigenvalue weighted by Crippen LogP contribution is -2.36. The molecule has 6 rings (SSSR count). The lowest BCUT2D eigenvalue weighted by Gasteiger charge is -2.29. The van der Waals surface area contributed by atoms with Crippen LogP contribution in [0.3, 0.4) is 0 Å². The van der Waals surface area contributed by atoms with E-state index in [0.717, 1.165) is 63.6 Å². The first-order valence-electron chi connectivity index (χ1n) is 12.4. The fraction of sp³-hybridized carbons (Fsp3) is 0.161. The molecule has 6 heteroatoms. The number of morpholine rings is 1. The molecule has 2 aromatic heterocycles. The summed E-state index contributed by atoms with van der Waals surface area (Å²) in [6, 6.07) is 23.8. The monoisotopic (exact) mass is 489 g/mol. The SMILES string of the molecule is C=Cc1cc(-c2ccco2)cc(-c2nn(-c3cc(N4CCOCC4)ccc3C)c(=O)c3ccccc23)c1. The van der Waals surface area contributed by atoms with Crippen molar-refractivity contribution < 1.29 is 9.15 Å². The summed E-state index contributed by atoms with van der Waals surface area (Å²) in [5.41, 5.74) is 6.13. The van der Waals surface area contributed by atoms with E-state index in [2.05, 4.69) is 29.7 Å². The molecule has 5 aromatic rings. The van der Waals surface area contributed by atoms with Crippen molar-refractivity contribution in [2.45, 2.75) is 6.92 Å². The van der Waals surface area contributed by atoms with Crippen LogP contribution >= 0.6 is 0 Å². The molecule has 0 atom stereocenters. The number of rotatable bonds is 5. The van der Waals surface area contributed by atoms with Crippen LogP contribution in [0, 0.1) is 6.92 Å². The second-order valence-electron chi connectivity index (χ2n) is 9.21. The zero-order valence-corrected chi connectivity index (χ0v) is 20.7. The molecule has 6 nitrogen and oxygen atoms in total. The Balaban J connectivity index is 1.58. The topological polar surface area (TPSA) is 60.5 Å². The average molecular weight is 490 g/mol. The highest BCUT2D eigenvalue weighted by Crippen LogP contribution is 2.32. The molecule has 3 aromatic carbocycles. The van der Waals surface area contributed by atoms with Gasteiger partial charge in [0.2, 0.25) is 0 Å². The quantitative estimate of drug-likeness (QED) is 0.299. The first-order valence-corrected chi connectivity index (χ1v) is 12.4. The number of hydrogen-bond acceptors (Lipinski definition) is 5. The van der Waals surface area contributed by atoms with Crippen LogP contribution in [0.4, 0.5) is 5.69 Å². The molecule has 184 valence electrons. The van der Waals surface area contributed by atoms with Gasteiger partial charge in [0.05, 0.1) is 36.2 Å². The third-order valence-corrected chi connectivity index (χ3v) is 6.87. The Morgan fingerprint density at radius 1 is 0.919 bits per heavy atom. The number of furan rings is 1. The highest BCUT2D eigenvalue weighted by atomic mass is 16.5. The third kappa shape index (κ3) is 4.26. The summed E-state index contributed by atoms with van der Waals surface area (Å²) in [6.45, 7) is 9.01. The molecule has 1 aliphatic heterocycles. The van der Waals surface area contributed by atoms with Crippen molar-refractivity contribution in [3.63, 3.8) is 0 Å². The minimum absolute atomic E-state index is 0.146. The predicted molar refractivity (Wildman–Crippen MR) is 148 cm³/mol. The molecule has 0 amide bonds. The summed E-state index contributed by atoms with van der Waals surface area (Å²) in [5, 5.41) is 6.40. The van der Waals surface area contributed by atoms with Gasteiger partial charge in [0.1, 0.15) is 5.76 Å². The Hall–Kier alpha value is -4.42. The van der Waals surface area contributed by atoms with E-state index >= 15 is 0 Å². The van der Waals surface area contributed by atoms with Crippen LogP contribution in [0.2, 0.25) is 0 Å². The fourth-order valence-electron chi connectivity index (χ4n) is 4.90. The summed E-state index contributed by atoms with van der Waals surface area (Å²) < 4.78 is 12.7. The molecular weight excluding hydrogens is 462 g/mol. The first-order chi connectivity index (χ1) is 18.1. The molecule has 0 radical (unpaired) electrons. The van der Waals surface area contributed by atoms with Gasteiger partial charge in [-0.25, -0.2) is 0 Å². The number of ether oxygens (including phenoxy) is 1. The molecule has 0 spiro atoms. The van der Waals surface area contributed by atoms with Gasteiger partial charge in [-0.1, -0.05) is 36.9 Å². The summed E-state index contributed by atoms with van der Waals surface area (Å²) in [4.78, 5) is 16.0. The number of aryl methyl sites for hydroxylation is 1. The Morgan fingerprint density at radius 3 is 2.46 bits per heavy atom. The molecule has 1 aliphatic rings. The van der Waals surface area contributed by atoms with Gasteiger partial charge < -0.3 is 14.1 Å². The van der Waals surface area contributed by atoms with E-state index in [1.165, 1.54) is 0 Å². The van der Waals surface area contributed by atoms with Gasteiger partial charge in [-0.3, -0.25) is 4.79 Å². The van der Waals surface area contributed by atoms with Crippen molar-refractivity contribution in [1.82, 2.24) is 9.78 Å². The molecule has 3 heterocycles. The van der Waals surface area contributed by atoms with Crippen molar-refractivity contribution in [1.29, 1.82) is 0 Å². The Morgan fingerprint density at radius 2 is 1.70 bits per heavy atom. The van der Waals surface area contributed by atoms with Gasteiger partial charge in [0, 0.05) is 35.3 Å². The lowest BCUT2D eigenvalue weighted by atomic mass is 9.99. The van der Waals surface area contributed by atoms with E-state index in [4.69, 9.17) is 14.3 Å². The minimum Gasteiger partial charge on any atom is -0.464 e. The standard InChI is InChI=1S/C31H27N3O3/c1-3-22-17-23(29-9-6-14-37-29)19-24(18-22)30-26-7-4-5-8-27(26)31(35)34(32-30)28-20-25(11-10-21(28)2)33-12-15-36-16-13-33/h3-11,14,17-20H,1,12-13,15-16H2,2H3. The second-order valence-corrected chi connectivity index (χ2v) is 9.21. The lowest BCUT2D eigenvalue weighted by molar-refractivity contribution is 0.122. The predicted octanol–water partition coefficient (Wildman–Crippen LogP) is 6.10. The highest BCUT2D eigenvalue weighted by Gasteiger charge is 2.18. The Labute approximate surface area is 215 Å². The zero-order valence-electron chi connectivity index (χ0n) is 20.7. The van der Waals surface area contributed by atoms with Crippen LogP contribution in [0.1, 0.15) is 11.1 Å². The van der Waals surface area contributed by atoms with Crippen molar-refractivity contribution in [2.24, 2.45) is 0 Å². The van der Waals surface area contributed by atoms with Gasteiger partial charge in [0.25, 0.3) is 5.56 Å². The summed E-state index contributed by atoms with van der Waals surface area (Å²) in [6.07, 6.45) is 3.47. The van der Waals surface area contributed by atoms with Crippen LogP contribution < -0.4 is 10.5 Å². The molecule has 0 bridgehead atoms. The van der Waals surface area contributed by atoms with Gasteiger partial charge in [0.15, 0.2) is 0 Å². The molecule has 0 aliphatic carbocycles. The molecule has 1 saturated heterocycles. The zero-order chi connectivity index (χ0) is 25.4. The maximum absolute atomic E-state index is 13.8. The average Bonchev–Trinajstić information content (AvgIpc) is 3.49. The molecule has 0 unspecified atom stereocenters. The first kappa shape index (κ1) is 23.0. The Kier molecular flexibility index (Phi) is 5.94. The maximum Gasteiger partial charge on any atom is 0.279 e. The van der Waals surface area contributed by atoms with Crippen LogP contribution in [-0.2, 0) is 4.74 Å². The minimum atomic E-state index is -0.146. The van der Waals surface area contributed by atoms with Gasteiger partial charge in [-0.05, 0) is 66.6 Å². The maximum atomic E-state index is 13.8. The van der Waals surface area contributed by atoms with Crippen molar-refractivity contribution in [3.8, 4) is 28.3 Å². The third-order valence-electron chi connectivity index (χ3n) is 6.87. The second kappa shape index (κ2) is 9.56. The van der Waals surface area contributed by atoms with Crippen LogP contribution in [-0.4, -0.2) is 36.1 Å². The van der Waals surface area contributed by atoms with Crippen molar-refractivity contribution in [2.75, 3.05) is 31.2 Å². The number of anilines is 1. The number of benzene rings is 3. The smallest absolute Gasteiger partial charge is 0.279 e. The molecule has 1 fully saturated rings. The summed E-state index contributed by atoms with van der Waals surface area (Å²) >= 11 is 0. The van der Waals surface area contributed by atoms with Crippen LogP contribution in [0.25, 0.3) is 45.1 Å². The van der Waals surface area contributed by atoms with Gasteiger partial charge in [-0.15, -0.1) is 0 Å². The van der Waals surface area contributed by atoms with E-state index < -0.39 is 0 Å². The molecule has 37 heavy (non-hydrogen) atoms. The summed E-state index contributed by atoms with van der Waals surface area (Å²) in [5.74, 6) is 0.761. The molecule has 0 N–H and O–H groups in total. The number of nitrogens with zero attached hydrogens (tertiary/aromatic N) is 3. The highest BCUT2D eigenvalue weighted by molar-refractivity contribution is 5.95. The van der Waals surface area contributed by atoms with Crippen molar-refractivity contribution >= 4 is 22.5 Å². The van der Waals surface area contributed by atoms with Crippen LogP contribution in [0.5, 0.6) is 0 Å². The van der Waals surface area contributed by atoms with E-state index in [1.807, 2.05) is 67.6 Å². The van der Waals surface area contributed by atoms with Gasteiger partial charge >= 0.3 is 0 Å². The Bertz CT molecular complexity index is 1660. The van der Waals surface area contributed by atoms with Crippen molar-refractivity contribution in [3.05, 3.63) is 107 Å². The fourth-order valence-corrected chi connectivity index (χ4v) is 4.90. The van der Waals surface area contributed by atoms with E-state index in [-0.39, 0.29) is 5.56 Å². The summed E-state index contributed by atoms with van der Waals surface area (Å²) in [7, 11) is 0. The molecular formula is C31H27N3O3. The van der Waals surface area contributed by atoms with E-state index in [0.29, 0.717) is 18.6 Å². The number of hydrogen-bond donors (Lipinski definition) is 0. The van der Waals surface area contributed by atoms with Crippen LogP contribution in [0.15, 0.2) is 94.9 Å². The number of aromatic nitrogens is 2. The largest absolute Gasteiger partial charge is 0.464 e.